The third-order valence-electron chi connectivity index (χ3n) is 14.0. The number of aromatic nitrogens is 8. The van der Waals surface area contributed by atoms with Gasteiger partial charge in [0.25, 0.3) is 0 Å². The van der Waals surface area contributed by atoms with E-state index < -0.39 is 0 Å². The molecular weight excluding hydrogens is 921 g/mol. The maximum atomic E-state index is 10.8. The van der Waals surface area contributed by atoms with Crippen LogP contribution in [0.2, 0.25) is 0 Å². The molecule has 0 N–H and O–H groups in total. The van der Waals surface area contributed by atoms with Gasteiger partial charge in [0.2, 0.25) is 0 Å². The molecule has 0 aliphatic heterocycles. The molecule has 15 aromatic rings. The van der Waals surface area contributed by atoms with Crippen LogP contribution in [0.5, 0.6) is 0 Å². The number of benzene rings is 10. The summed E-state index contributed by atoms with van der Waals surface area (Å²) in [5.74, 6) is 1.49. The van der Waals surface area contributed by atoms with Crippen LogP contribution in [0.25, 0.3) is 145 Å². The smallest absolute Gasteiger partial charge is 0.167 e. The highest BCUT2D eigenvalue weighted by Gasteiger charge is 2.25. The standard InChI is InChI=1S/C66H40N8O/c1-5-20-41(21-6-1)61-67-62(42-22-7-2-8-23-42)71-66(70-61)52-40-44(64-68-63(43-24-9-3-10-25-43)69-65(72-64)51-32-19-31-49-47-29-15-18-35-57(47)75-60(49)51)36-38-55(52)74-53-33-16-13-28-46(53)48-37-39-56-58(59(48)74)50-30-14-17-34-54(50)73(56)45-26-11-4-12-27-45/h1-40H/i36D,38D,40D. The predicted molar refractivity (Wildman–Crippen MR) is 302 cm³/mol. The second-order valence-corrected chi connectivity index (χ2v) is 18.4. The number of fused-ring (bicyclic) bond motifs is 10. The minimum Gasteiger partial charge on any atom is -0.455 e. The second kappa shape index (κ2) is 17.1. The fraction of sp³-hybridized carbons (Fsp3) is 0. The van der Waals surface area contributed by atoms with Gasteiger partial charge in [-0.15, -0.1) is 0 Å². The maximum Gasteiger partial charge on any atom is 0.167 e. The SMILES string of the molecule is [2H]c1c([2H])c(-n2c3ccccc3c3ccc4c(c5ccccc5n4-c4ccccc4)c32)c(-c2nc(-c3ccccc3)nc(-c3ccccc3)n2)c([2H])c1-c1nc(-c2ccccc2)nc(-c2cccc3c2oc2ccccc23)n1. The van der Waals surface area contributed by atoms with Crippen molar-refractivity contribution >= 4 is 65.6 Å². The predicted octanol–water partition coefficient (Wildman–Crippen LogP) is 16.2. The first kappa shape index (κ1) is 39.3. The maximum absolute atomic E-state index is 10.8. The zero-order valence-corrected chi connectivity index (χ0v) is 39.8. The molecular formula is C66H40N8O. The topological polar surface area (TPSA) is 100 Å². The summed E-state index contributed by atoms with van der Waals surface area (Å²) in [6.07, 6.45) is 0. The van der Waals surface area contributed by atoms with Crippen LogP contribution in [-0.2, 0) is 0 Å². The van der Waals surface area contributed by atoms with Crippen molar-refractivity contribution in [3.8, 4) is 79.7 Å². The zero-order chi connectivity index (χ0) is 52.0. The molecule has 9 nitrogen and oxygen atoms in total. The monoisotopic (exact) mass is 963 g/mol. The van der Waals surface area contributed by atoms with Crippen LogP contribution in [0.3, 0.4) is 0 Å². The third-order valence-corrected chi connectivity index (χ3v) is 14.0. The van der Waals surface area contributed by atoms with Gasteiger partial charge < -0.3 is 13.6 Å². The van der Waals surface area contributed by atoms with Crippen LogP contribution >= 0.6 is 0 Å². The molecule has 0 saturated carbocycles. The Kier molecular flexibility index (Phi) is 8.98. The molecule has 0 aliphatic carbocycles. The van der Waals surface area contributed by atoms with Gasteiger partial charge in [-0.2, -0.15) is 0 Å². The van der Waals surface area contributed by atoms with E-state index in [-0.39, 0.29) is 52.4 Å². The number of nitrogens with zero attached hydrogens (tertiary/aromatic N) is 8. The summed E-state index contributed by atoms with van der Waals surface area (Å²) in [5, 5.41) is 5.63. The van der Waals surface area contributed by atoms with Gasteiger partial charge in [0.15, 0.2) is 34.9 Å². The molecule has 0 fully saturated rings. The average molecular weight is 964 g/mol. The average Bonchev–Trinajstić information content (AvgIpc) is 4.05. The van der Waals surface area contributed by atoms with E-state index in [9.17, 15) is 4.11 Å². The van der Waals surface area contributed by atoms with Crippen LogP contribution in [0.4, 0.5) is 0 Å². The van der Waals surface area contributed by atoms with Crippen molar-refractivity contribution in [2.75, 3.05) is 0 Å². The number of furan rings is 1. The highest BCUT2D eigenvalue weighted by Crippen LogP contribution is 2.44. The van der Waals surface area contributed by atoms with Crippen molar-refractivity contribution in [3.63, 3.8) is 0 Å². The molecule has 350 valence electrons. The molecule has 0 aliphatic rings. The van der Waals surface area contributed by atoms with Crippen LogP contribution < -0.4 is 0 Å². The van der Waals surface area contributed by atoms with E-state index in [2.05, 4.69) is 51.6 Å². The summed E-state index contributed by atoms with van der Waals surface area (Å²) in [4.78, 5) is 31.0. The summed E-state index contributed by atoms with van der Waals surface area (Å²) in [6, 6.07) is 73.1. The molecule has 0 amide bonds. The lowest BCUT2D eigenvalue weighted by Gasteiger charge is -2.17. The van der Waals surface area contributed by atoms with Crippen molar-refractivity contribution in [1.82, 2.24) is 39.0 Å². The minimum absolute atomic E-state index is 0.00545. The fourth-order valence-electron chi connectivity index (χ4n) is 10.6. The number of para-hydroxylation sites is 5. The molecule has 0 atom stereocenters. The van der Waals surface area contributed by atoms with Gasteiger partial charge in [-0.3, -0.25) is 0 Å². The lowest BCUT2D eigenvalue weighted by atomic mass is 10.0. The van der Waals surface area contributed by atoms with Crippen molar-refractivity contribution < 1.29 is 8.53 Å². The quantitative estimate of drug-likeness (QED) is 0.149. The molecule has 5 aromatic heterocycles. The van der Waals surface area contributed by atoms with E-state index in [1.54, 1.807) is 0 Å². The molecule has 0 radical (unpaired) electrons. The Hall–Kier alpha value is -10.4. The zero-order valence-electron chi connectivity index (χ0n) is 42.8. The summed E-state index contributed by atoms with van der Waals surface area (Å²) in [6.45, 7) is 0. The molecule has 15 rings (SSSR count). The molecule has 0 spiro atoms. The van der Waals surface area contributed by atoms with Crippen molar-refractivity contribution in [3.05, 3.63) is 243 Å². The van der Waals surface area contributed by atoms with Gasteiger partial charge in [-0.25, -0.2) is 29.9 Å². The van der Waals surface area contributed by atoms with E-state index >= 15 is 0 Å². The van der Waals surface area contributed by atoms with Gasteiger partial charge in [-0.1, -0.05) is 182 Å². The van der Waals surface area contributed by atoms with Gasteiger partial charge in [0, 0.05) is 65.8 Å². The van der Waals surface area contributed by atoms with Crippen LogP contribution in [0.1, 0.15) is 4.11 Å². The van der Waals surface area contributed by atoms with Gasteiger partial charge in [0.05, 0.1) is 37.4 Å². The van der Waals surface area contributed by atoms with Crippen molar-refractivity contribution in [1.29, 1.82) is 0 Å². The Bertz CT molecular complexity index is 4830. The summed E-state index contributed by atoms with van der Waals surface area (Å²) in [5.41, 5.74) is 9.03. The summed E-state index contributed by atoms with van der Waals surface area (Å²) >= 11 is 0. The van der Waals surface area contributed by atoms with E-state index in [1.807, 2.05) is 182 Å². The van der Waals surface area contributed by atoms with E-state index in [0.29, 0.717) is 39.8 Å². The number of hydrogen-bond acceptors (Lipinski definition) is 7. The molecule has 0 saturated heterocycles. The molecule has 9 heteroatoms. The number of hydrogen-bond donors (Lipinski definition) is 0. The van der Waals surface area contributed by atoms with E-state index in [1.165, 1.54) is 0 Å². The lowest BCUT2D eigenvalue weighted by Crippen LogP contribution is -2.05. The Morgan fingerprint density at radius 2 is 0.827 bits per heavy atom. The first-order valence-electron chi connectivity index (χ1n) is 26.2. The molecule has 75 heavy (non-hydrogen) atoms. The van der Waals surface area contributed by atoms with Crippen molar-refractivity contribution in [2.24, 2.45) is 0 Å². The number of rotatable bonds is 8. The molecule has 5 heterocycles. The van der Waals surface area contributed by atoms with Gasteiger partial charge >= 0.3 is 0 Å². The van der Waals surface area contributed by atoms with E-state index in [4.69, 9.17) is 34.3 Å². The highest BCUT2D eigenvalue weighted by atomic mass is 16.3. The molecule has 10 aromatic carbocycles. The highest BCUT2D eigenvalue weighted by molar-refractivity contribution is 6.26. The summed E-state index contributed by atoms with van der Waals surface area (Å²) in [7, 11) is 0. The summed E-state index contributed by atoms with van der Waals surface area (Å²) < 4.78 is 42.6. The van der Waals surface area contributed by atoms with E-state index in [0.717, 1.165) is 71.2 Å². The van der Waals surface area contributed by atoms with Crippen LogP contribution in [0.15, 0.2) is 247 Å². The normalized spacial score (nSPS) is 12.3. The minimum atomic E-state index is -0.262. The third kappa shape index (κ3) is 6.94. The van der Waals surface area contributed by atoms with Crippen LogP contribution in [-0.4, -0.2) is 39.0 Å². The van der Waals surface area contributed by atoms with Gasteiger partial charge in [0.1, 0.15) is 11.2 Å². The Morgan fingerprint density at radius 1 is 0.333 bits per heavy atom. The Balaban J connectivity index is 1.10. The first-order chi connectivity index (χ1) is 38.5. The Morgan fingerprint density at radius 3 is 1.47 bits per heavy atom. The Labute approximate surface area is 433 Å². The van der Waals surface area contributed by atoms with Crippen molar-refractivity contribution in [2.45, 2.75) is 0 Å². The lowest BCUT2D eigenvalue weighted by molar-refractivity contribution is 0.669. The second-order valence-electron chi connectivity index (χ2n) is 18.4. The molecule has 0 bridgehead atoms. The van der Waals surface area contributed by atoms with Crippen LogP contribution in [0, 0.1) is 0 Å². The largest absolute Gasteiger partial charge is 0.455 e. The van der Waals surface area contributed by atoms with Gasteiger partial charge in [-0.05, 0) is 60.6 Å². The molecule has 0 unspecified atom stereocenters. The first-order valence-corrected chi connectivity index (χ1v) is 24.7. The fourth-order valence-corrected chi connectivity index (χ4v) is 10.6.